The monoisotopic (exact) mass is 516 g/mol. The fourth-order valence-corrected chi connectivity index (χ4v) is 5.23. The van der Waals surface area contributed by atoms with Crippen LogP contribution in [-0.4, -0.2) is 35.6 Å². The molecule has 2 aromatic heterocycles. The number of ether oxygens (including phenoxy) is 2. The van der Waals surface area contributed by atoms with Crippen LogP contribution in [0.15, 0.2) is 59.4 Å². The van der Waals surface area contributed by atoms with Gasteiger partial charge in [0, 0.05) is 11.6 Å². The van der Waals surface area contributed by atoms with E-state index < -0.39 is 17.4 Å². The summed E-state index contributed by atoms with van der Waals surface area (Å²) >= 11 is 0. The van der Waals surface area contributed by atoms with E-state index in [-0.39, 0.29) is 11.1 Å². The van der Waals surface area contributed by atoms with Gasteiger partial charge in [0.05, 0.1) is 43.0 Å². The Bertz CT molecular complexity index is 1470. The summed E-state index contributed by atoms with van der Waals surface area (Å²) in [6, 6.07) is 12.1. The fraction of sp³-hybridized carbons (Fsp3) is 0.345. The van der Waals surface area contributed by atoms with Gasteiger partial charge in [-0.25, -0.2) is 4.98 Å². The zero-order valence-electron chi connectivity index (χ0n) is 21.7. The zero-order valence-corrected chi connectivity index (χ0v) is 21.7. The highest BCUT2D eigenvalue weighted by molar-refractivity contribution is 6.00. The van der Waals surface area contributed by atoms with Crippen molar-refractivity contribution in [1.29, 1.82) is 0 Å². The second-order valence-corrected chi connectivity index (χ2v) is 9.75. The Balaban J connectivity index is 1.51. The molecule has 1 aliphatic rings. The van der Waals surface area contributed by atoms with Crippen LogP contribution < -0.4 is 19.9 Å². The van der Waals surface area contributed by atoms with Gasteiger partial charge in [0.2, 0.25) is 0 Å². The summed E-state index contributed by atoms with van der Waals surface area (Å²) in [5.74, 6) is -0.444. The number of amides is 1. The third-order valence-corrected chi connectivity index (χ3v) is 7.40. The van der Waals surface area contributed by atoms with Crippen LogP contribution in [0.1, 0.15) is 61.0 Å². The Morgan fingerprint density at radius 1 is 1.05 bits per heavy atom. The topological polar surface area (TPSA) is 119 Å². The first-order valence-corrected chi connectivity index (χ1v) is 12.7. The Hall–Kier alpha value is -4.27. The van der Waals surface area contributed by atoms with E-state index in [9.17, 15) is 14.7 Å². The minimum atomic E-state index is -1.82. The number of carbonyl (C=O) groups excluding carboxylic acids is 2. The minimum Gasteiger partial charge on any atom is -0.547 e. The summed E-state index contributed by atoms with van der Waals surface area (Å²) in [4.78, 5) is 30.5. The average molecular weight is 517 g/mol. The second kappa shape index (κ2) is 10.2. The van der Waals surface area contributed by atoms with Crippen LogP contribution in [0.2, 0.25) is 0 Å². The summed E-state index contributed by atoms with van der Waals surface area (Å²) < 4.78 is 18.1. The first-order chi connectivity index (χ1) is 18.4. The van der Waals surface area contributed by atoms with Crippen LogP contribution in [0.4, 0.5) is 0 Å². The quantitative estimate of drug-likeness (QED) is 0.373. The summed E-state index contributed by atoms with van der Waals surface area (Å²) in [6.07, 6.45) is 8.96. The third-order valence-electron chi connectivity index (χ3n) is 7.40. The molecule has 9 nitrogen and oxygen atoms in total. The van der Waals surface area contributed by atoms with Crippen molar-refractivity contribution in [2.75, 3.05) is 14.2 Å². The van der Waals surface area contributed by atoms with Gasteiger partial charge in [-0.2, -0.15) is 0 Å². The minimum absolute atomic E-state index is 0.286. The number of nitrogens with zero attached hydrogens (tertiary/aromatic N) is 2. The predicted molar refractivity (Wildman–Crippen MR) is 139 cm³/mol. The summed E-state index contributed by atoms with van der Waals surface area (Å²) in [7, 11) is 2.94. The van der Waals surface area contributed by atoms with Crippen molar-refractivity contribution in [2.24, 2.45) is 0 Å². The molecule has 0 aliphatic heterocycles. The number of carboxylic acid groups (broad SMARTS) is 1. The van der Waals surface area contributed by atoms with Crippen molar-refractivity contribution >= 4 is 22.9 Å². The van der Waals surface area contributed by atoms with E-state index in [0.29, 0.717) is 23.1 Å². The Kier molecular flexibility index (Phi) is 6.84. The van der Waals surface area contributed by atoms with Gasteiger partial charge >= 0.3 is 0 Å². The molecule has 0 radical (unpaired) electrons. The maximum absolute atomic E-state index is 13.4. The normalized spacial score (nSPS) is 15.7. The van der Waals surface area contributed by atoms with Gasteiger partial charge in [-0.3, -0.25) is 4.79 Å². The molecule has 0 spiro atoms. The van der Waals surface area contributed by atoms with Crippen LogP contribution in [0, 0.1) is 0 Å². The summed E-state index contributed by atoms with van der Waals surface area (Å²) in [6.45, 7) is 1.38. The number of aromatic nitrogens is 2. The average Bonchev–Trinajstić information content (AvgIpc) is 3.60. The summed E-state index contributed by atoms with van der Waals surface area (Å²) in [5, 5.41) is 14.9. The van der Waals surface area contributed by atoms with E-state index in [0.717, 1.165) is 42.6 Å². The van der Waals surface area contributed by atoms with E-state index in [1.807, 2.05) is 12.1 Å². The van der Waals surface area contributed by atoms with E-state index >= 15 is 0 Å². The number of rotatable bonds is 8. The van der Waals surface area contributed by atoms with Gasteiger partial charge in [-0.1, -0.05) is 25.3 Å². The molecule has 198 valence electrons. The Morgan fingerprint density at radius 2 is 1.82 bits per heavy atom. The van der Waals surface area contributed by atoms with Crippen molar-refractivity contribution in [1.82, 2.24) is 14.9 Å². The Morgan fingerprint density at radius 3 is 2.47 bits per heavy atom. The molecule has 0 bridgehead atoms. The van der Waals surface area contributed by atoms with Gasteiger partial charge in [-0.15, -0.1) is 0 Å². The van der Waals surface area contributed by atoms with Crippen LogP contribution in [-0.2, 0) is 10.3 Å². The molecule has 0 saturated heterocycles. The molecule has 38 heavy (non-hydrogen) atoms. The highest BCUT2D eigenvalue weighted by Crippen LogP contribution is 2.37. The molecular formula is C29H30N3O6-. The maximum atomic E-state index is 13.4. The summed E-state index contributed by atoms with van der Waals surface area (Å²) in [5.41, 5.74) is 1.20. The van der Waals surface area contributed by atoms with E-state index in [4.69, 9.17) is 18.9 Å². The molecular weight excluding hydrogens is 486 g/mol. The fourth-order valence-electron chi connectivity index (χ4n) is 5.23. The molecule has 4 aromatic rings. The van der Waals surface area contributed by atoms with Gasteiger partial charge in [0.15, 0.2) is 11.5 Å². The molecule has 1 atom stereocenters. The van der Waals surface area contributed by atoms with Crippen LogP contribution in [0.3, 0.4) is 0 Å². The maximum Gasteiger partial charge on any atom is 0.252 e. The first-order valence-electron chi connectivity index (χ1n) is 12.7. The number of carbonyl (C=O) groups is 2. The van der Waals surface area contributed by atoms with Crippen LogP contribution in [0.5, 0.6) is 11.5 Å². The largest absolute Gasteiger partial charge is 0.547 e. The highest BCUT2D eigenvalue weighted by Gasteiger charge is 2.32. The molecule has 1 N–H and O–H groups in total. The number of hydrogen-bond acceptors (Lipinski definition) is 7. The van der Waals surface area contributed by atoms with Gasteiger partial charge < -0.3 is 33.7 Å². The first kappa shape index (κ1) is 25.4. The Labute approximate surface area is 220 Å². The number of carboxylic acids is 1. The third kappa shape index (κ3) is 4.49. The van der Waals surface area contributed by atoms with Crippen molar-refractivity contribution in [2.45, 2.75) is 50.6 Å². The lowest BCUT2D eigenvalue weighted by molar-refractivity contribution is -0.314. The number of methoxy groups -OCH3 is 2. The van der Waals surface area contributed by atoms with Crippen molar-refractivity contribution in [3.63, 3.8) is 0 Å². The standard InChI is InChI=1S/C29H31N3O6/c1-29(28(34)35,20-10-12-24(36-2)25(16-20)37-3)31-27(33)18-9-11-23-22(15-18)30-26(19-13-14-38-17-19)32(23)21-7-5-4-6-8-21/h9-17,21H,4-8H2,1-3H3,(H,31,33)(H,34,35)/p-1. The van der Waals surface area contributed by atoms with E-state index in [2.05, 4.69) is 9.88 Å². The number of fused-ring (bicyclic) bond motifs is 1. The molecule has 9 heteroatoms. The molecule has 1 amide bonds. The smallest absolute Gasteiger partial charge is 0.252 e. The molecule has 5 rings (SSSR count). The van der Waals surface area contributed by atoms with E-state index in [1.54, 1.807) is 36.8 Å². The van der Waals surface area contributed by atoms with Crippen molar-refractivity contribution < 1.29 is 28.6 Å². The van der Waals surface area contributed by atoms with Crippen molar-refractivity contribution in [3.05, 3.63) is 66.1 Å². The number of hydrogen-bond donors (Lipinski definition) is 1. The van der Waals surface area contributed by atoms with Gasteiger partial charge in [0.25, 0.3) is 5.91 Å². The van der Waals surface area contributed by atoms with E-state index in [1.165, 1.54) is 33.6 Å². The second-order valence-electron chi connectivity index (χ2n) is 9.75. The number of benzene rings is 2. The lowest BCUT2D eigenvalue weighted by Gasteiger charge is -2.33. The number of nitrogens with one attached hydrogen (secondary N) is 1. The molecule has 1 aliphatic carbocycles. The molecule has 2 aromatic carbocycles. The highest BCUT2D eigenvalue weighted by atomic mass is 16.5. The number of aliphatic carboxylic acids is 1. The molecule has 2 heterocycles. The zero-order chi connectivity index (χ0) is 26.9. The number of furan rings is 1. The molecule has 1 fully saturated rings. The van der Waals surface area contributed by atoms with Crippen LogP contribution in [0.25, 0.3) is 22.4 Å². The molecule has 1 unspecified atom stereocenters. The number of imidazole rings is 1. The molecule has 1 saturated carbocycles. The van der Waals surface area contributed by atoms with Crippen LogP contribution >= 0.6 is 0 Å². The lowest BCUT2D eigenvalue weighted by Crippen LogP contribution is -2.55. The predicted octanol–water partition coefficient (Wildman–Crippen LogP) is 4.21. The van der Waals surface area contributed by atoms with Gasteiger partial charge in [-0.05, 0) is 61.7 Å². The SMILES string of the molecule is COc1ccc(C(C)(NC(=O)c2ccc3c(c2)nc(-c2ccoc2)n3C2CCCCC2)C(=O)[O-])cc1OC. The van der Waals surface area contributed by atoms with Gasteiger partial charge in [0.1, 0.15) is 17.6 Å². The lowest BCUT2D eigenvalue weighted by atomic mass is 9.91. The van der Waals surface area contributed by atoms with Crippen molar-refractivity contribution in [3.8, 4) is 22.9 Å².